The number of rotatable bonds is 6. The largest absolute Gasteiger partial charge is 0.309 e. The highest BCUT2D eigenvalue weighted by molar-refractivity contribution is 6.26. The number of para-hydroxylation sites is 2. The van der Waals surface area contributed by atoms with Crippen LogP contribution in [0.15, 0.2) is 121 Å². The topological polar surface area (TPSA) is 78.0 Å². The normalized spacial score (nSPS) is 17.3. The number of anilines is 2. The molecule has 7 nitrogen and oxygen atoms in total. The zero-order chi connectivity index (χ0) is 31.1. The van der Waals surface area contributed by atoms with Crippen LogP contribution in [0.3, 0.4) is 0 Å². The molecule has 2 atom stereocenters. The molecule has 222 valence electrons. The van der Waals surface area contributed by atoms with E-state index in [1.807, 2.05) is 109 Å². The fraction of sp³-hybridized carbons (Fsp3) is 0.158. The van der Waals surface area contributed by atoms with Crippen LogP contribution in [0.25, 0.3) is 10.8 Å². The average molecular weight is 594 g/mol. The molecule has 0 spiro atoms. The zero-order valence-electron chi connectivity index (χ0n) is 24.8. The second-order valence-electron chi connectivity index (χ2n) is 11.6. The van der Waals surface area contributed by atoms with E-state index < -0.39 is 24.4 Å². The molecule has 2 aliphatic rings. The summed E-state index contributed by atoms with van der Waals surface area (Å²) in [6.07, 6.45) is 0.737. The van der Waals surface area contributed by atoms with Crippen LogP contribution < -0.4 is 9.80 Å². The maximum Gasteiger partial charge on any atom is 0.261 e. The maximum absolute atomic E-state index is 14.4. The zero-order valence-corrected chi connectivity index (χ0v) is 24.8. The van der Waals surface area contributed by atoms with Crippen LogP contribution in [0.5, 0.6) is 0 Å². The Bertz CT molecular complexity index is 1910. The lowest BCUT2D eigenvalue weighted by atomic mass is 9.89. The summed E-state index contributed by atoms with van der Waals surface area (Å²) < 4.78 is 0. The molecular formula is C38H31N3O4. The number of nitrogens with zero attached hydrogens (tertiary/aromatic N) is 3. The standard InChI is InChI=1S/C38H31N3O4/c1-25-22-33(29-18-8-9-21-32(29)40(25)34(42)23-26-12-4-2-5-13-26)41(28-16-6-3-7-17-28)35(43)24-39-37(44)30-19-10-14-27-15-11-20-31(36(27)30)38(39)45/h2-21,25,33H,22-24H2,1H3/t25-,33+/m1/s1. The molecule has 0 bridgehead atoms. The van der Waals surface area contributed by atoms with Crippen LogP contribution in [-0.4, -0.2) is 41.1 Å². The van der Waals surface area contributed by atoms with Crippen molar-refractivity contribution in [1.82, 2.24) is 4.90 Å². The molecule has 7 heteroatoms. The summed E-state index contributed by atoms with van der Waals surface area (Å²) in [4.78, 5) is 60.1. The molecule has 5 aromatic rings. The second-order valence-corrected chi connectivity index (χ2v) is 11.6. The maximum atomic E-state index is 14.4. The highest BCUT2D eigenvalue weighted by Gasteiger charge is 2.41. The Morgan fingerprint density at radius 1 is 0.733 bits per heavy atom. The molecule has 0 aromatic heterocycles. The first-order chi connectivity index (χ1) is 21.9. The fourth-order valence-corrected chi connectivity index (χ4v) is 6.78. The first-order valence-corrected chi connectivity index (χ1v) is 15.1. The summed E-state index contributed by atoms with van der Waals surface area (Å²) in [7, 11) is 0. The van der Waals surface area contributed by atoms with Crippen molar-refractivity contribution >= 4 is 45.8 Å². The van der Waals surface area contributed by atoms with Gasteiger partial charge >= 0.3 is 0 Å². The van der Waals surface area contributed by atoms with Gasteiger partial charge in [-0.25, -0.2) is 0 Å². The number of hydrogen-bond donors (Lipinski definition) is 0. The Kier molecular flexibility index (Phi) is 7.22. The van der Waals surface area contributed by atoms with Gasteiger partial charge in [0, 0.05) is 33.9 Å². The summed E-state index contributed by atoms with van der Waals surface area (Å²) in [6, 6.07) is 36.7. The Labute approximate surface area is 261 Å². The molecule has 0 unspecified atom stereocenters. The van der Waals surface area contributed by atoms with E-state index in [-0.39, 0.29) is 24.3 Å². The molecule has 5 aromatic carbocycles. The molecule has 45 heavy (non-hydrogen) atoms. The summed E-state index contributed by atoms with van der Waals surface area (Å²) in [6.45, 7) is 1.58. The third kappa shape index (κ3) is 4.96. The van der Waals surface area contributed by atoms with Crippen LogP contribution >= 0.6 is 0 Å². The van der Waals surface area contributed by atoms with Crippen molar-refractivity contribution in [2.24, 2.45) is 0 Å². The van der Waals surface area contributed by atoms with Gasteiger partial charge in [0.2, 0.25) is 11.8 Å². The fourth-order valence-electron chi connectivity index (χ4n) is 6.78. The third-order valence-corrected chi connectivity index (χ3v) is 8.79. The quantitative estimate of drug-likeness (QED) is 0.209. The van der Waals surface area contributed by atoms with Crippen LogP contribution in [0.2, 0.25) is 0 Å². The van der Waals surface area contributed by atoms with E-state index in [1.165, 1.54) is 0 Å². The molecule has 0 radical (unpaired) electrons. The van der Waals surface area contributed by atoms with E-state index in [1.54, 1.807) is 29.2 Å². The lowest BCUT2D eigenvalue weighted by Gasteiger charge is -2.44. The predicted molar refractivity (Wildman–Crippen MR) is 174 cm³/mol. The SMILES string of the molecule is C[C@@H]1C[C@H](N(C(=O)CN2C(=O)c3cccc4cccc(c34)C2=O)c2ccccc2)c2ccccc2N1C(=O)Cc1ccccc1. The van der Waals surface area contributed by atoms with Crippen molar-refractivity contribution in [3.8, 4) is 0 Å². The van der Waals surface area contributed by atoms with Gasteiger partial charge in [-0.05, 0) is 60.2 Å². The predicted octanol–water partition coefficient (Wildman–Crippen LogP) is 6.58. The summed E-state index contributed by atoms with van der Waals surface area (Å²) in [5, 5.41) is 1.43. The van der Waals surface area contributed by atoms with E-state index >= 15 is 0 Å². The number of carbonyl (C=O) groups is 4. The lowest BCUT2D eigenvalue weighted by molar-refractivity contribution is -0.119. The van der Waals surface area contributed by atoms with Gasteiger partial charge in [0.1, 0.15) is 6.54 Å². The van der Waals surface area contributed by atoms with Gasteiger partial charge in [0.15, 0.2) is 0 Å². The van der Waals surface area contributed by atoms with E-state index in [2.05, 4.69) is 0 Å². The van der Waals surface area contributed by atoms with Crippen LogP contribution in [0, 0.1) is 0 Å². The average Bonchev–Trinajstić information content (AvgIpc) is 3.06. The Hall–Kier alpha value is -5.56. The minimum Gasteiger partial charge on any atom is -0.309 e. The molecule has 2 heterocycles. The van der Waals surface area contributed by atoms with Crippen LogP contribution in [0.1, 0.15) is 51.2 Å². The van der Waals surface area contributed by atoms with Crippen molar-refractivity contribution in [3.05, 3.63) is 144 Å². The van der Waals surface area contributed by atoms with Crippen molar-refractivity contribution in [2.75, 3.05) is 16.3 Å². The van der Waals surface area contributed by atoms with Crippen molar-refractivity contribution in [3.63, 3.8) is 0 Å². The third-order valence-electron chi connectivity index (χ3n) is 8.79. The molecule has 2 aliphatic heterocycles. The number of benzene rings is 5. The highest BCUT2D eigenvalue weighted by Crippen LogP contribution is 2.42. The lowest BCUT2D eigenvalue weighted by Crippen LogP contribution is -2.51. The van der Waals surface area contributed by atoms with Gasteiger partial charge in [-0.15, -0.1) is 0 Å². The van der Waals surface area contributed by atoms with Gasteiger partial charge in [0.05, 0.1) is 12.5 Å². The Morgan fingerprint density at radius 2 is 1.33 bits per heavy atom. The minimum absolute atomic E-state index is 0.0189. The molecule has 0 saturated heterocycles. The van der Waals surface area contributed by atoms with Crippen LogP contribution in [-0.2, 0) is 16.0 Å². The van der Waals surface area contributed by atoms with E-state index in [0.29, 0.717) is 28.6 Å². The first kappa shape index (κ1) is 28.2. The second kappa shape index (κ2) is 11.5. The number of amides is 4. The van der Waals surface area contributed by atoms with Gasteiger partial charge in [-0.1, -0.05) is 91.0 Å². The van der Waals surface area contributed by atoms with E-state index in [0.717, 1.165) is 27.1 Å². The number of carbonyl (C=O) groups excluding carboxylic acids is 4. The minimum atomic E-state index is -0.485. The molecule has 0 fully saturated rings. The molecular weight excluding hydrogens is 562 g/mol. The van der Waals surface area contributed by atoms with Gasteiger partial charge in [-0.2, -0.15) is 0 Å². The van der Waals surface area contributed by atoms with Crippen LogP contribution in [0.4, 0.5) is 11.4 Å². The Balaban J connectivity index is 1.24. The van der Waals surface area contributed by atoms with Crippen molar-refractivity contribution < 1.29 is 19.2 Å². The van der Waals surface area contributed by atoms with Gasteiger partial charge in [-0.3, -0.25) is 24.1 Å². The van der Waals surface area contributed by atoms with Crippen molar-refractivity contribution in [2.45, 2.75) is 31.8 Å². The smallest absolute Gasteiger partial charge is 0.261 e. The molecule has 4 amide bonds. The first-order valence-electron chi connectivity index (χ1n) is 15.1. The molecule has 0 saturated carbocycles. The summed E-state index contributed by atoms with van der Waals surface area (Å²) in [5.74, 6) is -1.37. The number of fused-ring (bicyclic) bond motifs is 1. The number of hydrogen-bond acceptors (Lipinski definition) is 4. The molecule has 7 rings (SSSR count). The number of imide groups is 1. The highest BCUT2D eigenvalue weighted by atomic mass is 16.2. The summed E-state index contributed by atoms with van der Waals surface area (Å²) in [5.41, 5.74) is 3.99. The van der Waals surface area contributed by atoms with E-state index in [9.17, 15) is 19.2 Å². The van der Waals surface area contributed by atoms with Gasteiger partial charge < -0.3 is 9.80 Å². The molecule has 0 N–H and O–H groups in total. The Morgan fingerprint density at radius 3 is 2.00 bits per heavy atom. The summed E-state index contributed by atoms with van der Waals surface area (Å²) >= 11 is 0. The molecule has 0 aliphatic carbocycles. The van der Waals surface area contributed by atoms with E-state index in [4.69, 9.17) is 0 Å². The van der Waals surface area contributed by atoms with Gasteiger partial charge in [0.25, 0.3) is 11.8 Å². The monoisotopic (exact) mass is 593 g/mol. The van der Waals surface area contributed by atoms with Crippen molar-refractivity contribution in [1.29, 1.82) is 0 Å².